The van der Waals surface area contributed by atoms with Gasteiger partial charge in [-0.25, -0.2) is 9.59 Å². The molecule has 102 valence electrons. The van der Waals surface area contributed by atoms with Crippen molar-refractivity contribution in [2.45, 2.75) is 0 Å². The summed E-state index contributed by atoms with van der Waals surface area (Å²) >= 11 is 0. The van der Waals surface area contributed by atoms with Crippen LogP contribution in [0.15, 0.2) is 45.8 Å². The molecule has 7 heteroatoms. The molecule has 0 saturated heterocycles. The summed E-state index contributed by atoms with van der Waals surface area (Å²) in [5.41, 5.74) is -0.770. The quantitative estimate of drug-likeness (QED) is 0.727. The minimum absolute atomic E-state index is 0.0199. The van der Waals surface area contributed by atoms with Crippen molar-refractivity contribution in [3.63, 3.8) is 0 Å². The molecule has 0 fully saturated rings. The molecule has 7 nitrogen and oxygen atoms in total. The lowest BCUT2D eigenvalue weighted by Gasteiger charge is -2.08. The fourth-order valence-electron chi connectivity index (χ4n) is 1.50. The predicted molar refractivity (Wildman–Crippen MR) is 68.0 cm³/mol. The normalized spacial score (nSPS) is 10.0. The lowest BCUT2D eigenvalue weighted by atomic mass is 10.1. The monoisotopic (exact) mass is 275 g/mol. The number of rotatable bonds is 3. The van der Waals surface area contributed by atoms with Gasteiger partial charge in [0.2, 0.25) is 0 Å². The second-order valence-corrected chi connectivity index (χ2v) is 3.83. The van der Waals surface area contributed by atoms with Crippen molar-refractivity contribution in [3.8, 4) is 5.75 Å². The summed E-state index contributed by atoms with van der Waals surface area (Å²) in [6, 6.07) is 5.85. The van der Waals surface area contributed by atoms with Crippen LogP contribution in [0.25, 0.3) is 0 Å². The average molecular weight is 275 g/mol. The number of amides is 1. The average Bonchev–Trinajstić information content (AvgIpc) is 2.41. The Morgan fingerprint density at radius 2 is 1.90 bits per heavy atom. The number of carboxylic acid groups (broad SMARTS) is 1. The Morgan fingerprint density at radius 3 is 2.50 bits per heavy atom. The number of phenolic OH excluding ortho intramolecular Hbond substituents is 1. The van der Waals surface area contributed by atoms with Gasteiger partial charge in [0, 0.05) is 6.07 Å². The Labute approximate surface area is 112 Å². The highest BCUT2D eigenvalue weighted by Gasteiger charge is 2.14. The molecule has 0 saturated carbocycles. The molecule has 0 bridgehead atoms. The first-order valence-electron chi connectivity index (χ1n) is 5.44. The Hall–Kier alpha value is -3.09. The smallest absolute Gasteiger partial charge is 0.337 e. The van der Waals surface area contributed by atoms with Crippen molar-refractivity contribution >= 4 is 17.6 Å². The van der Waals surface area contributed by atoms with Gasteiger partial charge in [0.05, 0.1) is 16.8 Å². The number of hydrogen-bond acceptors (Lipinski definition) is 5. The summed E-state index contributed by atoms with van der Waals surface area (Å²) in [7, 11) is 0. The summed E-state index contributed by atoms with van der Waals surface area (Å²) in [5.74, 6) is -2.16. The Morgan fingerprint density at radius 1 is 1.15 bits per heavy atom. The number of benzene rings is 1. The van der Waals surface area contributed by atoms with E-state index in [4.69, 9.17) is 5.11 Å². The summed E-state index contributed by atoms with van der Waals surface area (Å²) < 4.78 is 4.54. The molecule has 0 radical (unpaired) electrons. The molecule has 1 heterocycles. The number of hydrogen-bond donors (Lipinski definition) is 3. The lowest BCUT2D eigenvalue weighted by molar-refractivity contribution is 0.0697. The van der Waals surface area contributed by atoms with E-state index in [2.05, 4.69) is 9.73 Å². The van der Waals surface area contributed by atoms with Gasteiger partial charge in [-0.2, -0.15) is 0 Å². The van der Waals surface area contributed by atoms with Crippen molar-refractivity contribution in [2.75, 3.05) is 5.32 Å². The summed E-state index contributed by atoms with van der Waals surface area (Å²) in [6.07, 6.45) is 0.971. The van der Waals surface area contributed by atoms with E-state index in [9.17, 15) is 19.5 Å². The summed E-state index contributed by atoms with van der Waals surface area (Å²) in [5, 5.41) is 20.6. The van der Waals surface area contributed by atoms with E-state index < -0.39 is 17.5 Å². The Kier molecular flexibility index (Phi) is 3.52. The fraction of sp³-hybridized carbons (Fsp3) is 0. The van der Waals surface area contributed by atoms with Gasteiger partial charge in [0.15, 0.2) is 0 Å². The molecule has 0 aliphatic heterocycles. The van der Waals surface area contributed by atoms with E-state index in [1.165, 1.54) is 18.2 Å². The van der Waals surface area contributed by atoms with Crippen molar-refractivity contribution in [1.29, 1.82) is 0 Å². The van der Waals surface area contributed by atoms with Crippen LogP contribution in [0.4, 0.5) is 5.69 Å². The van der Waals surface area contributed by atoms with Crippen LogP contribution in [0.2, 0.25) is 0 Å². The maximum Gasteiger partial charge on any atom is 0.337 e. The van der Waals surface area contributed by atoms with Crippen molar-refractivity contribution in [2.24, 2.45) is 0 Å². The van der Waals surface area contributed by atoms with Crippen LogP contribution in [0.5, 0.6) is 5.75 Å². The highest BCUT2D eigenvalue weighted by atomic mass is 16.4. The van der Waals surface area contributed by atoms with E-state index in [0.29, 0.717) is 0 Å². The number of aromatic carboxylic acids is 1. The summed E-state index contributed by atoms with van der Waals surface area (Å²) in [6.45, 7) is 0. The van der Waals surface area contributed by atoms with Crippen LogP contribution in [0.3, 0.4) is 0 Å². The summed E-state index contributed by atoms with van der Waals surface area (Å²) in [4.78, 5) is 33.7. The maximum absolute atomic E-state index is 11.9. The number of nitrogens with one attached hydrogen (secondary N) is 1. The zero-order valence-electron chi connectivity index (χ0n) is 9.99. The predicted octanol–water partition coefficient (Wildman–Crippen LogP) is 1.30. The first kappa shape index (κ1) is 13.3. The minimum atomic E-state index is -1.30. The molecule has 1 aromatic carbocycles. The van der Waals surface area contributed by atoms with E-state index in [1.807, 2.05) is 0 Å². The van der Waals surface area contributed by atoms with Gasteiger partial charge in [-0.05, 0) is 24.3 Å². The van der Waals surface area contributed by atoms with Gasteiger partial charge in [0.1, 0.15) is 12.0 Å². The maximum atomic E-state index is 11.9. The van der Waals surface area contributed by atoms with Crippen LogP contribution in [0.1, 0.15) is 20.7 Å². The molecule has 1 aromatic heterocycles. The number of carboxylic acids is 1. The minimum Gasteiger partial charge on any atom is -0.508 e. The zero-order valence-corrected chi connectivity index (χ0v) is 9.99. The van der Waals surface area contributed by atoms with Gasteiger partial charge < -0.3 is 19.9 Å². The first-order valence-corrected chi connectivity index (χ1v) is 5.44. The van der Waals surface area contributed by atoms with Gasteiger partial charge >= 0.3 is 11.6 Å². The molecule has 0 unspecified atom stereocenters. The molecule has 0 atom stereocenters. The third kappa shape index (κ3) is 2.83. The van der Waals surface area contributed by atoms with Crippen molar-refractivity contribution < 1.29 is 24.2 Å². The molecule has 20 heavy (non-hydrogen) atoms. The van der Waals surface area contributed by atoms with E-state index in [1.54, 1.807) is 0 Å². The Bertz CT molecular complexity index is 713. The van der Waals surface area contributed by atoms with E-state index in [-0.39, 0.29) is 22.6 Å². The largest absolute Gasteiger partial charge is 0.508 e. The van der Waals surface area contributed by atoms with Crippen LogP contribution in [0, 0.1) is 0 Å². The highest BCUT2D eigenvalue weighted by Crippen LogP contribution is 2.21. The van der Waals surface area contributed by atoms with E-state index in [0.717, 1.165) is 18.4 Å². The molecule has 2 aromatic rings. The SMILES string of the molecule is O=C(Nc1ccc(O)cc1C(=O)O)c1ccc(=O)oc1. The molecular weight excluding hydrogens is 266 g/mol. The second kappa shape index (κ2) is 5.27. The van der Waals surface area contributed by atoms with E-state index >= 15 is 0 Å². The van der Waals surface area contributed by atoms with Crippen LogP contribution in [-0.2, 0) is 0 Å². The van der Waals surface area contributed by atoms with Crippen molar-refractivity contribution in [1.82, 2.24) is 0 Å². The fourth-order valence-corrected chi connectivity index (χ4v) is 1.50. The van der Waals surface area contributed by atoms with Gasteiger partial charge in [-0.1, -0.05) is 0 Å². The zero-order chi connectivity index (χ0) is 14.7. The standard InChI is InChI=1S/C13H9NO6/c15-8-2-3-10(9(5-8)13(18)19)14-12(17)7-1-4-11(16)20-6-7/h1-6,15H,(H,14,17)(H,18,19). The molecule has 0 spiro atoms. The van der Waals surface area contributed by atoms with Crippen LogP contribution < -0.4 is 10.9 Å². The highest BCUT2D eigenvalue weighted by molar-refractivity contribution is 6.07. The number of carbonyl (C=O) groups excluding carboxylic acids is 1. The number of anilines is 1. The molecule has 3 N–H and O–H groups in total. The lowest BCUT2D eigenvalue weighted by Crippen LogP contribution is -2.15. The molecule has 1 amide bonds. The third-order valence-electron chi connectivity index (χ3n) is 2.44. The molecule has 0 aliphatic rings. The van der Waals surface area contributed by atoms with Gasteiger partial charge in [0.25, 0.3) is 5.91 Å². The molecular formula is C13H9NO6. The van der Waals surface area contributed by atoms with Crippen LogP contribution >= 0.6 is 0 Å². The Balaban J connectivity index is 2.30. The number of phenols is 1. The molecule has 2 rings (SSSR count). The third-order valence-corrected chi connectivity index (χ3v) is 2.44. The van der Waals surface area contributed by atoms with Gasteiger partial charge in [-0.15, -0.1) is 0 Å². The van der Waals surface area contributed by atoms with Crippen LogP contribution in [-0.4, -0.2) is 22.1 Å². The second-order valence-electron chi connectivity index (χ2n) is 3.83. The molecule has 0 aliphatic carbocycles. The number of carbonyl (C=O) groups is 2. The van der Waals surface area contributed by atoms with Crippen molar-refractivity contribution in [3.05, 3.63) is 58.1 Å². The first-order chi connectivity index (χ1) is 9.47. The number of aromatic hydroxyl groups is 1. The van der Waals surface area contributed by atoms with Gasteiger partial charge in [-0.3, -0.25) is 4.79 Å². The topological polar surface area (TPSA) is 117 Å².